The number of benzene rings is 1. The topological polar surface area (TPSA) is 77.0 Å². The van der Waals surface area contributed by atoms with Gasteiger partial charge in [-0.1, -0.05) is 18.2 Å². The molecule has 0 saturated carbocycles. The van der Waals surface area contributed by atoms with Crippen LogP contribution in [-0.4, -0.2) is 16.8 Å². The van der Waals surface area contributed by atoms with E-state index in [0.717, 1.165) is 22.2 Å². The van der Waals surface area contributed by atoms with E-state index in [1.807, 2.05) is 30.3 Å². The normalized spacial score (nSPS) is 12.3. The maximum atomic E-state index is 5.86. The summed E-state index contributed by atoms with van der Waals surface area (Å²) in [6.45, 7) is 0. The Labute approximate surface area is 131 Å². The molecule has 0 spiro atoms. The molecule has 5 N–H and O–H groups in total. The molecule has 0 bridgehead atoms. The van der Waals surface area contributed by atoms with Crippen molar-refractivity contribution in [2.24, 2.45) is 5.84 Å². The molecule has 2 aromatic rings. The highest BCUT2D eigenvalue weighted by Crippen LogP contribution is 2.27. The van der Waals surface area contributed by atoms with E-state index in [-0.39, 0.29) is 6.04 Å². The Morgan fingerprint density at radius 2 is 2.05 bits per heavy atom. The van der Waals surface area contributed by atoms with Crippen molar-refractivity contribution in [3.8, 4) is 0 Å². The van der Waals surface area contributed by atoms with Crippen LogP contribution in [0.15, 0.2) is 52.0 Å². The fourth-order valence-corrected chi connectivity index (χ4v) is 3.41. The van der Waals surface area contributed by atoms with Gasteiger partial charge in [-0.2, -0.15) is 0 Å². The monoisotopic (exact) mass is 352 g/mol. The number of nitrogen functional groups attached to an aromatic ring is 1. The Kier molecular flexibility index (Phi) is 5.85. The van der Waals surface area contributed by atoms with Gasteiger partial charge in [-0.05, 0) is 46.1 Å². The van der Waals surface area contributed by atoms with Gasteiger partial charge in [0.2, 0.25) is 0 Å². The van der Waals surface area contributed by atoms with E-state index in [4.69, 9.17) is 11.6 Å². The molecule has 20 heavy (non-hydrogen) atoms. The van der Waals surface area contributed by atoms with Crippen LogP contribution in [-0.2, 0) is 6.42 Å². The van der Waals surface area contributed by atoms with E-state index in [0.29, 0.717) is 5.82 Å². The van der Waals surface area contributed by atoms with E-state index in [9.17, 15) is 0 Å². The average molecular weight is 353 g/mol. The van der Waals surface area contributed by atoms with Gasteiger partial charge in [0.15, 0.2) is 0 Å². The quantitative estimate of drug-likeness (QED) is 0.423. The van der Waals surface area contributed by atoms with Crippen molar-refractivity contribution < 1.29 is 0 Å². The van der Waals surface area contributed by atoms with Gasteiger partial charge in [-0.15, -0.1) is 11.8 Å². The lowest BCUT2D eigenvalue weighted by Crippen LogP contribution is -2.38. The highest BCUT2D eigenvalue weighted by molar-refractivity contribution is 9.10. The van der Waals surface area contributed by atoms with Crippen LogP contribution in [0.1, 0.15) is 5.56 Å². The van der Waals surface area contributed by atoms with E-state index >= 15 is 0 Å². The second-order valence-corrected chi connectivity index (χ2v) is 6.27. The van der Waals surface area contributed by atoms with Gasteiger partial charge < -0.3 is 5.73 Å². The third-order valence-corrected chi connectivity index (χ3v) is 5.09. The van der Waals surface area contributed by atoms with Crippen LogP contribution >= 0.6 is 27.7 Å². The fourth-order valence-electron chi connectivity index (χ4n) is 1.81. The van der Waals surface area contributed by atoms with Crippen molar-refractivity contribution in [1.82, 2.24) is 10.4 Å². The van der Waals surface area contributed by atoms with Gasteiger partial charge in [-0.3, -0.25) is 11.3 Å². The number of aromatic nitrogens is 1. The molecule has 1 aromatic heterocycles. The summed E-state index contributed by atoms with van der Waals surface area (Å²) in [6.07, 6.45) is 2.45. The van der Waals surface area contributed by atoms with Gasteiger partial charge in [0.1, 0.15) is 5.82 Å². The van der Waals surface area contributed by atoms with Crippen molar-refractivity contribution in [1.29, 1.82) is 0 Å². The molecule has 2 rings (SSSR count). The Bertz CT molecular complexity index is 564. The largest absolute Gasteiger partial charge is 0.383 e. The van der Waals surface area contributed by atoms with E-state index in [1.165, 1.54) is 4.90 Å². The number of nitrogens with one attached hydrogen (secondary N) is 1. The molecular formula is C14H17BrN4S. The SMILES string of the molecule is NNC(CSc1ccccc1Br)Cc1cccnc1N. The molecule has 1 atom stereocenters. The molecular weight excluding hydrogens is 336 g/mol. The number of nitrogens with two attached hydrogens (primary N) is 2. The maximum absolute atomic E-state index is 5.86. The minimum absolute atomic E-state index is 0.138. The number of rotatable bonds is 6. The molecule has 0 radical (unpaired) electrons. The summed E-state index contributed by atoms with van der Waals surface area (Å²) in [4.78, 5) is 5.29. The first-order valence-electron chi connectivity index (χ1n) is 6.23. The summed E-state index contributed by atoms with van der Waals surface area (Å²) in [5.41, 5.74) is 9.73. The lowest BCUT2D eigenvalue weighted by Gasteiger charge is -2.16. The van der Waals surface area contributed by atoms with Crippen molar-refractivity contribution in [2.75, 3.05) is 11.5 Å². The molecule has 1 aromatic carbocycles. The van der Waals surface area contributed by atoms with Gasteiger partial charge >= 0.3 is 0 Å². The summed E-state index contributed by atoms with van der Waals surface area (Å²) in [5.74, 6) is 7.06. The molecule has 6 heteroatoms. The summed E-state index contributed by atoms with van der Waals surface area (Å²) in [6, 6.07) is 12.2. The maximum Gasteiger partial charge on any atom is 0.126 e. The standard InChI is InChI=1S/C14H17BrN4S/c15-12-5-1-2-6-13(12)20-9-11(19-17)8-10-4-3-7-18-14(10)16/h1-7,11,19H,8-9,17H2,(H2,16,18). The fraction of sp³-hybridized carbons (Fsp3) is 0.214. The number of hydrogen-bond donors (Lipinski definition) is 3. The van der Waals surface area contributed by atoms with E-state index in [2.05, 4.69) is 32.4 Å². The molecule has 0 amide bonds. The molecule has 1 heterocycles. The summed E-state index contributed by atoms with van der Waals surface area (Å²) in [5, 5.41) is 0. The number of thioether (sulfide) groups is 1. The summed E-state index contributed by atoms with van der Waals surface area (Å²) < 4.78 is 1.10. The van der Waals surface area contributed by atoms with Gasteiger partial charge in [0, 0.05) is 27.4 Å². The van der Waals surface area contributed by atoms with Crippen LogP contribution in [0.4, 0.5) is 5.82 Å². The zero-order valence-corrected chi connectivity index (χ0v) is 13.3. The van der Waals surface area contributed by atoms with Crippen molar-refractivity contribution >= 4 is 33.5 Å². The van der Waals surface area contributed by atoms with Crippen LogP contribution in [0.3, 0.4) is 0 Å². The summed E-state index contributed by atoms with van der Waals surface area (Å²) >= 11 is 5.30. The van der Waals surface area contributed by atoms with Crippen molar-refractivity contribution in [3.63, 3.8) is 0 Å². The molecule has 106 valence electrons. The number of pyridine rings is 1. The smallest absolute Gasteiger partial charge is 0.126 e. The molecule has 0 aliphatic heterocycles. The molecule has 4 nitrogen and oxygen atoms in total. The second kappa shape index (κ2) is 7.64. The van der Waals surface area contributed by atoms with Crippen LogP contribution in [0, 0.1) is 0 Å². The first-order valence-corrected chi connectivity index (χ1v) is 8.01. The van der Waals surface area contributed by atoms with Crippen LogP contribution in [0.2, 0.25) is 0 Å². The Morgan fingerprint density at radius 1 is 1.25 bits per heavy atom. The number of nitrogens with zero attached hydrogens (tertiary/aromatic N) is 1. The van der Waals surface area contributed by atoms with Gasteiger partial charge in [-0.25, -0.2) is 4.98 Å². The predicted octanol–water partition coefficient (Wildman–Crippen LogP) is 2.59. The highest BCUT2D eigenvalue weighted by Gasteiger charge is 2.11. The second-order valence-electron chi connectivity index (χ2n) is 4.36. The third kappa shape index (κ3) is 4.21. The Hall–Kier alpha value is -1.08. The molecule has 0 fully saturated rings. The molecule has 0 aliphatic rings. The zero-order chi connectivity index (χ0) is 14.4. The lowest BCUT2D eigenvalue weighted by molar-refractivity contribution is 0.575. The summed E-state index contributed by atoms with van der Waals surface area (Å²) in [7, 11) is 0. The minimum Gasteiger partial charge on any atom is -0.383 e. The first-order chi connectivity index (χ1) is 9.70. The Morgan fingerprint density at radius 3 is 2.75 bits per heavy atom. The number of hydrogen-bond acceptors (Lipinski definition) is 5. The third-order valence-electron chi connectivity index (χ3n) is 2.90. The zero-order valence-electron chi connectivity index (χ0n) is 10.9. The molecule has 1 unspecified atom stereocenters. The van der Waals surface area contributed by atoms with Crippen LogP contribution in [0.25, 0.3) is 0 Å². The number of hydrazine groups is 1. The predicted molar refractivity (Wildman–Crippen MR) is 88.3 cm³/mol. The Balaban J connectivity index is 1.96. The van der Waals surface area contributed by atoms with Crippen molar-refractivity contribution in [3.05, 3.63) is 52.6 Å². The average Bonchev–Trinajstić information content (AvgIpc) is 2.47. The first kappa shape index (κ1) is 15.3. The van der Waals surface area contributed by atoms with E-state index in [1.54, 1.807) is 18.0 Å². The number of halogens is 1. The van der Waals surface area contributed by atoms with Crippen molar-refractivity contribution in [2.45, 2.75) is 17.4 Å². The number of anilines is 1. The van der Waals surface area contributed by atoms with Gasteiger partial charge in [0.25, 0.3) is 0 Å². The van der Waals surface area contributed by atoms with E-state index < -0.39 is 0 Å². The highest BCUT2D eigenvalue weighted by atomic mass is 79.9. The van der Waals surface area contributed by atoms with Crippen LogP contribution < -0.4 is 17.0 Å². The molecule has 0 saturated heterocycles. The van der Waals surface area contributed by atoms with Gasteiger partial charge in [0.05, 0.1) is 0 Å². The lowest BCUT2D eigenvalue weighted by atomic mass is 10.1. The minimum atomic E-state index is 0.138. The molecule has 0 aliphatic carbocycles. The van der Waals surface area contributed by atoms with Crippen LogP contribution in [0.5, 0.6) is 0 Å².